The van der Waals surface area contributed by atoms with Gasteiger partial charge in [-0.25, -0.2) is 0 Å². The molecule has 1 saturated heterocycles. The zero-order valence-corrected chi connectivity index (χ0v) is 17.7. The van der Waals surface area contributed by atoms with Gasteiger partial charge in [0.15, 0.2) is 5.11 Å². The summed E-state index contributed by atoms with van der Waals surface area (Å²) in [5.74, 6) is 0.198. The Morgan fingerprint density at radius 3 is 2.47 bits per heavy atom. The van der Waals surface area contributed by atoms with E-state index in [0.717, 1.165) is 23.5 Å². The van der Waals surface area contributed by atoms with Gasteiger partial charge in [-0.15, -0.1) is 0 Å². The van der Waals surface area contributed by atoms with Gasteiger partial charge in [0.05, 0.1) is 6.04 Å². The van der Waals surface area contributed by atoms with E-state index in [-0.39, 0.29) is 24.0 Å². The number of aromatic amines is 1. The molecule has 4 nitrogen and oxygen atoms in total. The van der Waals surface area contributed by atoms with E-state index < -0.39 is 0 Å². The van der Waals surface area contributed by atoms with Crippen LogP contribution in [0.4, 0.5) is 0 Å². The van der Waals surface area contributed by atoms with Crippen molar-refractivity contribution >= 4 is 34.1 Å². The Morgan fingerprint density at radius 2 is 1.67 bits per heavy atom. The zero-order valence-electron chi connectivity index (χ0n) is 16.9. The van der Waals surface area contributed by atoms with Gasteiger partial charge >= 0.3 is 0 Å². The van der Waals surface area contributed by atoms with Crippen LogP contribution in [0.1, 0.15) is 55.0 Å². The van der Waals surface area contributed by atoms with Crippen molar-refractivity contribution in [3.63, 3.8) is 0 Å². The number of para-hydroxylation sites is 1. The minimum Gasteiger partial charge on any atom is -0.356 e. The number of carbonyl (C=O) groups excluding carboxylic acids is 1. The summed E-state index contributed by atoms with van der Waals surface area (Å²) < 4.78 is 0. The van der Waals surface area contributed by atoms with E-state index in [2.05, 4.69) is 58.4 Å². The summed E-state index contributed by atoms with van der Waals surface area (Å²) in [5.41, 5.74) is 4.75. The fraction of sp³-hybridized carbons (Fsp3) is 0.360. The van der Waals surface area contributed by atoms with Gasteiger partial charge in [-0.1, -0.05) is 67.8 Å². The van der Waals surface area contributed by atoms with Crippen LogP contribution in [-0.2, 0) is 11.2 Å². The van der Waals surface area contributed by atoms with Gasteiger partial charge in [-0.05, 0) is 42.3 Å². The highest BCUT2D eigenvalue weighted by atomic mass is 32.1. The lowest BCUT2D eigenvalue weighted by molar-refractivity contribution is -0.130. The van der Waals surface area contributed by atoms with Gasteiger partial charge in [0.2, 0.25) is 0 Å². The standard InChI is InChI=1S/C25H25N3OS/c29-24-21-15-19-18-13-7-8-14-20(18)26-22(19)23(16-9-3-1-4-10-16)28(21)25(30)27(24)17-11-5-2-6-12-17/h1,3-4,7-10,13-14,17,21,23,26H,2,5-6,11-12,15H2. The normalized spacial score (nSPS) is 24.4. The van der Waals surface area contributed by atoms with Crippen molar-refractivity contribution < 1.29 is 4.79 Å². The summed E-state index contributed by atoms with van der Waals surface area (Å²) in [7, 11) is 0. The third kappa shape index (κ3) is 2.58. The Hall–Kier alpha value is -2.66. The maximum absolute atomic E-state index is 13.7. The number of hydrogen-bond acceptors (Lipinski definition) is 2. The maximum atomic E-state index is 13.7. The van der Waals surface area contributed by atoms with Crippen LogP contribution in [0.15, 0.2) is 54.6 Å². The molecule has 0 radical (unpaired) electrons. The third-order valence-corrected chi connectivity index (χ3v) is 7.54. The van der Waals surface area contributed by atoms with E-state index in [1.165, 1.54) is 41.5 Å². The minimum absolute atomic E-state index is 0.0580. The molecule has 3 aromatic rings. The second-order valence-corrected chi connectivity index (χ2v) is 9.15. The molecule has 1 N–H and O–H groups in total. The number of nitrogens with one attached hydrogen (secondary N) is 1. The first kappa shape index (κ1) is 18.1. The van der Waals surface area contributed by atoms with E-state index in [1.807, 2.05) is 11.0 Å². The highest BCUT2D eigenvalue weighted by molar-refractivity contribution is 7.80. The lowest BCUT2D eigenvalue weighted by Gasteiger charge is -2.38. The molecule has 30 heavy (non-hydrogen) atoms. The molecule has 1 aromatic heterocycles. The van der Waals surface area contributed by atoms with Crippen LogP contribution < -0.4 is 0 Å². The van der Waals surface area contributed by atoms with Gasteiger partial charge < -0.3 is 9.88 Å². The SMILES string of the molecule is O=C1C2Cc3c([nH]c4ccccc34)C(c3ccccc3)N2C(=S)N1C1CCCCC1. The van der Waals surface area contributed by atoms with E-state index >= 15 is 0 Å². The van der Waals surface area contributed by atoms with Gasteiger partial charge in [-0.3, -0.25) is 9.69 Å². The van der Waals surface area contributed by atoms with Crippen LogP contribution in [0.25, 0.3) is 10.9 Å². The molecule has 0 spiro atoms. The Kier molecular flexibility index (Phi) is 4.20. The predicted octanol–water partition coefficient (Wildman–Crippen LogP) is 4.94. The highest BCUT2D eigenvalue weighted by Gasteiger charge is 2.52. The highest BCUT2D eigenvalue weighted by Crippen LogP contribution is 2.45. The van der Waals surface area contributed by atoms with Crippen LogP contribution >= 0.6 is 12.2 Å². The third-order valence-electron chi connectivity index (χ3n) is 7.14. The Labute approximate surface area is 181 Å². The number of aromatic nitrogens is 1. The van der Waals surface area contributed by atoms with Crippen molar-refractivity contribution in [2.75, 3.05) is 0 Å². The molecule has 3 heterocycles. The smallest absolute Gasteiger partial charge is 0.252 e. The molecule has 2 atom stereocenters. The summed E-state index contributed by atoms with van der Waals surface area (Å²) in [6, 6.07) is 18.9. The monoisotopic (exact) mass is 415 g/mol. The van der Waals surface area contributed by atoms with E-state index in [9.17, 15) is 4.79 Å². The summed E-state index contributed by atoms with van der Waals surface area (Å²) in [6.07, 6.45) is 6.49. The second-order valence-electron chi connectivity index (χ2n) is 8.79. The number of fused-ring (bicyclic) bond motifs is 4. The van der Waals surface area contributed by atoms with Gasteiger partial charge in [0.25, 0.3) is 5.91 Å². The van der Waals surface area contributed by atoms with Crippen molar-refractivity contribution in [3.8, 4) is 0 Å². The van der Waals surface area contributed by atoms with E-state index in [4.69, 9.17) is 12.2 Å². The molecule has 2 aromatic carbocycles. The first-order valence-electron chi connectivity index (χ1n) is 11.0. The van der Waals surface area contributed by atoms with Crippen molar-refractivity contribution in [2.24, 2.45) is 0 Å². The fourth-order valence-electron chi connectivity index (χ4n) is 5.75. The predicted molar refractivity (Wildman–Crippen MR) is 122 cm³/mol. The Balaban J connectivity index is 1.51. The molecule has 2 fully saturated rings. The number of hydrogen-bond donors (Lipinski definition) is 1. The minimum atomic E-state index is -0.212. The maximum Gasteiger partial charge on any atom is 0.252 e. The van der Waals surface area contributed by atoms with E-state index in [1.54, 1.807) is 0 Å². The number of H-pyrrole nitrogens is 1. The quantitative estimate of drug-likeness (QED) is 0.603. The fourth-order valence-corrected chi connectivity index (χ4v) is 6.22. The molecule has 0 bridgehead atoms. The van der Waals surface area contributed by atoms with Gasteiger partial charge in [-0.2, -0.15) is 0 Å². The molecule has 2 aliphatic heterocycles. The van der Waals surface area contributed by atoms with Crippen molar-refractivity contribution in [1.29, 1.82) is 0 Å². The molecule has 6 rings (SSSR count). The van der Waals surface area contributed by atoms with Crippen LogP contribution in [0.2, 0.25) is 0 Å². The lowest BCUT2D eigenvalue weighted by atomic mass is 9.89. The second kappa shape index (κ2) is 6.95. The van der Waals surface area contributed by atoms with E-state index in [0.29, 0.717) is 6.42 Å². The Bertz CT molecular complexity index is 1130. The van der Waals surface area contributed by atoms with Crippen LogP contribution in [0, 0.1) is 0 Å². The number of nitrogens with zero attached hydrogens (tertiary/aromatic N) is 2. The number of carbonyl (C=O) groups is 1. The largest absolute Gasteiger partial charge is 0.356 e. The van der Waals surface area contributed by atoms with Crippen LogP contribution in [0.3, 0.4) is 0 Å². The molecule has 2 unspecified atom stereocenters. The number of thiocarbonyl (C=S) groups is 1. The first-order chi connectivity index (χ1) is 14.7. The average Bonchev–Trinajstić information content (AvgIpc) is 3.28. The van der Waals surface area contributed by atoms with Gasteiger partial charge in [0, 0.05) is 29.1 Å². The molecule has 5 heteroatoms. The molecular weight excluding hydrogens is 390 g/mol. The first-order valence-corrected chi connectivity index (χ1v) is 11.4. The number of amides is 1. The van der Waals surface area contributed by atoms with Crippen molar-refractivity contribution in [2.45, 2.75) is 56.7 Å². The molecule has 1 aliphatic carbocycles. The summed E-state index contributed by atoms with van der Waals surface area (Å²) in [4.78, 5) is 21.6. The van der Waals surface area contributed by atoms with Crippen LogP contribution in [0.5, 0.6) is 0 Å². The average molecular weight is 416 g/mol. The molecule has 3 aliphatic rings. The topological polar surface area (TPSA) is 39.3 Å². The number of rotatable bonds is 2. The molecule has 1 amide bonds. The molecular formula is C25H25N3OS. The number of benzene rings is 2. The van der Waals surface area contributed by atoms with Crippen molar-refractivity contribution in [3.05, 3.63) is 71.4 Å². The summed E-state index contributed by atoms with van der Waals surface area (Å²) in [6.45, 7) is 0. The zero-order chi connectivity index (χ0) is 20.2. The summed E-state index contributed by atoms with van der Waals surface area (Å²) >= 11 is 6.00. The molecule has 152 valence electrons. The van der Waals surface area contributed by atoms with Crippen LogP contribution in [-0.4, -0.2) is 37.9 Å². The summed E-state index contributed by atoms with van der Waals surface area (Å²) in [5, 5.41) is 1.94. The lowest BCUT2D eigenvalue weighted by Crippen LogP contribution is -2.44. The Morgan fingerprint density at radius 1 is 0.933 bits per heavy atom. The molecule has 1 saturated carbocycles. The van der Waals surface area contributed by atoms with Crippen molar-refractivity contribution in [1.82, 2.24) is 14.8 Å². The van der Waals surface area contributed by atoms with Gasteiger partial charge in [0.1, 0.15) is 6.04 Å².